The Morgan fingerprint density at radius 3 is 2.80 bits per heavy atom. The molecule has 3 rings (SSSR count). The number of nitrogens with zero attached hydrogens (tertiary/aromatic N) is 3. The summed E-state index contributed by atoms with van der Waals surface area (Å²) in [6.07, 6.45) is 4.97. The molecule has 0 bridgehead atoms. The van der Waals surface area contributed by atoms with Gasteiger partial charge in [0.2, 0.25) is 0 Å². The van der Waals surface area contributed by atoms with Crippen molar-refractivity contribution in [1.82, 2.24) is 20.0 Å². The molecule has 130 valence electrons. The van der Waals surface area contributed by atoms with Crippen LogP contribution in [0.1, 0.15) is 46.2 Å². The van der Waals surface area contributed by atoms with E-state index in [0.717, 1.165) is 41.0 Å². The van der Waals surface area contributed by atoms with Crippen molar-refractivity contribution in [3.8, 4) is 5.69 Å². The maximum Gasteiger partial charge on any atom is 0.342 e. The monoisotopic (exact) mass is 338 g/mol. The summed E-state index contributed by atoms with van der Waals surface area (Å²) in [5, 5.41) is 11.2. The molecule has 0 saturated carbocycles. The predicted octanol–water partition coefficient (Wildman–Crippen LogP) is 3.52. The van der Waals surface area contributed by atoms with E-state index in [1.165, 1.54) is 0 Å². The number of esters is 1. The Labute approximate surface area is 146 Å². The van der Waals surface area contributed by atoms with Crippen LogP contribution in [0.3, 0.4) is 0 Å². The molecule has 1 N–H and O–H groups in total. The van der Waals surface area contributed by atoms with Crippen LogP contribution in [0.5, 0.6) is 0 Å². The molecule has 25 heavy (non-hydrogen) atoms. The van der Waals surface area contributed by atoms with Crippen molar-refractivity contribution in [2.45, 2.75) is 40.2 Å². The van der Waals surface area contributed by atoms with Gasteiger partial charge < -0.3 is 4.74 Å². The molecule has 3 aromatic rings. The van der Waals surface area contributed by atoms with Crippen molar-refractivity contribution >= 4 is 5.97 Å². The Balaban J connectivity index is 1.86. The molecule has 0 saturated heterocycles. The van der Waals surface area contributed by atoms with Crippen LogP contribution in [-0.4, -0.2) is 25.9 Å². The van der Waals surface area contributed by atoms with E-state index in [0.29, 0.717) is 5.56 Å². The van der Waals surface area contributed by atoms with Gasteiger partial charge in [-0.1, -0.05) is 25.5 Å². The first-order valence-corrected chi connectivity index (χ1v) is 8.40. The van der Waals surface area contributed by atoms with Gasteiger partial charge in [-0.15, -0.1) is 0 Å². The first kappa shape index (κ1) is 17.0. The van der Waals surface area contributed by atoms with Gasteiger partial charge in [-0.25, -0.2) is 9.48 Å². The van der Waals surface area contributed by atoms with Gasteiger partial charge in [-0.05, 0) is 43.5 Å². The minimum absolute atomic E-state index is 0.172. The fourth-order valence-corrected chi connectivity index (χ4v) is 2.74. The van der Waals surface area contributed by atoms with E-state index in [4.69, 9.17) is 4.74 Å². The number of aromatic nitrogens is 4. The molecule has 0 fully saturated rings. The molecule has 0 aliphatic carbocycles. The lowest BCUT2D eigenvalue weighted by Crippen LogP contribution is -2.10. The van der Waals surface area contributed by atoms with Crippen molar-refractivity contribution in [3.63, 3.8) is 0 Å². The van der Waals surface area contributed by atoms with Crippen LogP contribution in [-0.2, 0) is 17.8 Å². The number of hydrogen-bond donors (Lipinski definition) is 1. The lowest BCUT2D eigenvalue weighted by Gasteiger charge is -2.10. The summed E-state index contributed by atoms with van der Waals surface area (Å²) < 4.78 is 7.28. The third kappa shape index (κ3) is 3.63. The molecule has 0 radical (unpaired) electrons. The molecule has 6 heteroatoms. The number of nitrogens with one attached hydrogen (secondary N) is 1. The Morgan fingerprint density at radius 1 is 1.28 bits per heavy atom. The van der Waals surface area contributed by atoms with E-state index in [1.807, 2.05) is 36.7 Å². The standard InChI is InChI=1S/C19H22N4O2/c1-4-6-18-16(19(24)25-12-17-14(3)10-20-22-17)11-21-23(18)15-8-5-7-13(2)9-15/h5,7-11H,4,6,12H2,1-3H3,(H,20,22). The Hall–Kier alpha value is -2.89. The predicted molar refractivity (Wildman–Crippen MR) is 94.7 cm³/mol. The number of aryl methyl sites for hydroxylation is 2. The largest absolute Gasteiger partial charge is 0.456 e. The fourth-order valence-electron chi connectivity index (χ4n) is 2.74. The van der Waals surface area contributed by atoms with Crippen LogP contribution in [0.4, 0.5) is 0 Å². The van der Waals surface area contributed by atoms with Crippen LogP contribution >= 0.6 is 0 Å². The second kappa shape index (κ2) is 7.34. The van der Waals surface area contributed by atoms with Crippen LogP contribution in [0, 0.1) is 13.8 Å². The van der Waals surface area contributed by atoms with Crippen LogP contribution in [0.2, 0.25) is 0 Å². The third-order valence-electron chi connectivity index (χ3n) is 4.10. The minimum Gasteiger partial charge on any atom is -0.456 e. The van der Waals surface area contributed by atoms with Crippen molar-refractivity contribution in [3.05, 3.63) is 64.7 Å². The molecule has 0 aliphatic heterocycles. The first-order valence-electron chi connectivity index (χ1n) is 8.40. The summed E-state index contributed by atoms with van der Waals surface area (Å²) in [6.45, 7) is 6.21. The average molecular weight is 338 g/mol. The SMILES string of the molecule is CCCc1c(C(=O)OCc2[nH]ncc2C)cnn1-c1cccc(C)c1. The molecule has 0 unspecified atom stereocenters. The Kier molecular flexibility index (Phi) is 4.97. The lowest BCUT2D eigenvalue weighted by atomic mass is 10.1. The second-order valence-corrected chi connectivity index (χ2v) is 6.11. The molecule has 2 heterocycles. The number of rotatable bonds is 6. The summed E-state index contributed by atoms with van der Waals surface area (Å²) in [4.78, 5) is 12.5. The average Bonchev–Trinajstić information content (AvgIpc) is 3.19. The summed E-state index contributed by atoms with van der Waals surface area (Å²) in [7, 11) is 0. The number of hydrogen-bond acceptors (Lipinski definition) is 4. The zero-order valence-corrected chi connectivity index (χ0v) is 14.7. The minimum atomic E-state index is -0.364. The topological polar surface area (TPSA) is 72.8 Å². The fraction of sp³-hybridized carbons (Fsp3) is 0.316. The molecule has 6 nitrogen and oxygen atoms in total. The van der Waals surface area contributed by atoms with Crippen LogP contribution in [0.15, 0.2) is 36.7 Å². The van der Waals surface area contributed by atoms with Crippen molar-refractivity contribution in [2.24, 2.45) is 0 Å². The molecule has 0 spiro atoms. The Bertz CT molecular complexity index is 879. The van der Waals surface area contributed by atoms with E-state index in [-0.39, 0.29) is 12.6 Å². The van der Waals surface area contributed by atoms with Crippen molar-refractivity contribution in [1.29, 1.82) is 0 Å². The van der Waals surface area contributed by atoms with Crippen molar-refractivity contribution < 1.29 is 9.53 Å². The highest BCUT2D eigenvalue weighted by atomic mass is 16.5. The van der Waals surface area contributed by atoms with Gasteiger partial charge in [-0.2, -0.15) is 10.2 Å². The molecule has 2 aromatic heterocycles. The van der Waals surface area contributed by atoms with E-state index < -0.39 is 0 Å². The molecule has 0 atom stereocenters. The smallest absolute Gasteiger partial charge is 0.342 e. The van der Waals surface area contributed by atoms with Gasteiger partial charge in [0.05, 0.1) is 29.5 Å². The van der Waals surface area contributed by atoms with E-state index in [9.17, 15) is 4.79 Å². The molecule has 0 amide bonds. The maximum atomic E-state index is 12.5. The lowest BCUT2D eigenvalue weighted by molar-refractivity contribution is 0.0465. The van der Waals surface area contributed by atoms with Crippen LogP contribution in [0.25, 0.3) is 5.69 Å². The number of aromatic amines is 1. The number of H-pyrrole nitrogens is 1. The van der Waals surface area contributed by atoms with E-state index in [1.54, 1.807) is 12.4 Å². The number of carbonyl (C=O) groups is 1. The summed E-state index contributed by atoms with van der Waals surface area (Å²) >= 11 is 0. The van der Waals surface area contributed by atoms with Gasteiger partial charge >= 0.3 is 5.97 Å². The highest BCUT2D eigenvalue weighted by Crippen LogP contribution is 2.19. The van der Waals surface area contributed by atoms with E-state index in [2.05, 4.69) is 28.3 Å². The summed E-state index contributed by atoms with van der Waals surface area (Å²) in [5.41, 5.74) is 5.26. The number of benzene rings is 1. The zero-order valence-electron chi connectivity index (χ0n) is 14.7. The van der Waals surface area contributed by atoms with Crippen molar-refractivity contribution in [2.75, 3.05) is 0 Å². The third-order valence-corrected chi connectivity index (χ3v) is 4.10. The molecule has 1 aromatic carbocycles. The van der Waals surface area contributed by atoms with E-state index >= 15 is 0 Å². The van der Waals surface area contributed by atoms with Gasteiger partial charge in [0, 0.05) is 0 Å². The second-order valence-electron chi connectivity index (χ2n) is 6.11. The van der Waals surface area contributed by atoms with Gasteiger partial charge in [-0.3, -0.25) is 5.10 Å². The quantitative estimate of drug-likeness (QED) is 0.698. The highest BCUT2D eigenvalue weighted by Gasteiger charge is 2.19. The van der Waals surface area contributed by atoms with Gasteiger partial charge in [0.15, 0.2) is 0 Å². The molecular formula is C19H22N4O2. The molecule has 0 aliphatic rings. The van der Waals surface area contributed by atoms with Gasteiger partial charge in [0.1, 0.15) is 12.2 Å². The number of ether oxygens (including phenoxy) is 1. The highest BCUT2D eigenvalue weighted by molar-refractivity contribution is 5.90. The molecular weight excluding hydrogens is 316 g/mol. The normalized spacial score (nSPS) is 10.8. The summed E-state index contributed by atoms with van der Waals surface area (Å²) in [6, 6.07) is 8.06. The summed E-state index contributed by atoms with van der Waals surface area (Å²) in [5.74, 6) is -0.364. The maximum absolute atomic E-state index is 12.5. The Morgan fingerprint density at radius 2 is 2.12 bits per heavy atom. The van der Waals surface area contributed by atoms with Gasteiger partial charge in [0.25, 0.3) is 0 Å². The number of carbonyl (C=O) groups excluding carboxylic acids is 1. The first-order chi connectivity index (χ1) is 12.1. The zero-order chi connectivity index (χ0) is 17.8. The van der Waals surface area contributed by atoms with Crippen LogP contribution < -0.4 is 0 Å².